The summed E-state index contributed by atoms with van der Waals surface area (Å²) in [4.78, 5) is 34.9. The second kappa shape index (κ2) is 8.95. The lowest BCUT2D eigenvalue weighted by Crippen LogP contribution is -2.56. The number of likely N-dealkylation sites (tertiary alicyclic amines) is 1. The average Bonchev–Trinajstić information content (AvgIpc) is 3.17. The normalized spacial score (nSPS) is 13.5. The molecule has 0 atom stereocenters. The van der Waals surface area contributed by atoms with Gasteiger partial charge in [0, 0.05) is 19.3 Å². The summed E-state index contributed by atoms with van der Waals surface area (Å²) in [6.45, 7) is 4.68. The van der Waals surface area contributed by atoms with Gasteiger partial charge in [-0.05, 0) is 37.6 Å². The highest BCUT2D eigenvalue weighted by Gasteiger charge is 2.35. The second-order valence-corrected chi connectivity index (χ2v) is 7.41. The number of benzene rings is 1. The van der Waals surface area contributed by atoms with Crippen LogP contribution in [0.3, 0.4) is 0 Å². The molecule has 1 N–H and O–H groups in total. The average molecular weight is 421 g/mol. The topological polar surface area (TPSA) is 110 Å². The van der Waals surface area contributed by atoms with Crippen LogP contribution in [-0.4, -0.2) is 51.5 Å². The molecule has 0 bridgehead atoms. The zero-order chi connectivity index (χ0) is 21.8. The number of nitrogens with zero attached hydrogens (tertiary/aromatic N) is 4. The number of amides is 2. The number of rotatable bonds is 7. The predicted molar refractivity (Wildman–Crippen MR) is 111 cm³/mol. The third kappa shape index (κ3) is 4.71. The molecule has 1 fully saturated rings. The molecule has 1 aliphatic rings. The van der Waals surface area contributed by atoms with Crippen molar-refractivity contribution in [1.82, 2.24) is 25.3 Å². The van der Waals surface area contributed by atoms with Gasteiger partial charge in [-0.2, -0.15) is 4.98 Å². The number of carbonyl (C=O) groups excluding carboxylic acids is 2. The van der Waals surface area contributed by atoms with E-state index >= 15 is 0 Å². The monoisotopic (exact) mass is 421 g/mol. The summed E-state index contributed by atoms with van der Waals surface area (Å²) in [6.07, 6.45) is 1.70. The van der Waals surface area contributed by atoms with Crippen molar-refractivity contribution in [2.75, 3.05) is 19.7 Å². The fourth-order valence-electron chi connectivity index (χ4n) is 3.27. The summed E-state index contributed by atoms with van der Waals surface area (Å²) in [5.41, 5.74) is 2.49. The standard InChI is InChI=1S/C22H23N5O4/c1-14-6-5-9-23-18(14)10-24-21(29)16-11-27(12-16)20(28)13-30-19-8-4-3-7-17(19)22-25-15(2)26-31-22/h3-9,16H,10-13H2,1-2H3,(H,24,29). The smallest absolute Gasteiger partial charge is 0.261 e. The minimum atomic E-state index is -0.221. The minimum absolute atomic E-state index is 0.0767. The molecule has 3 aromatic rings. The van der Waals surface area contributed by atoms with E-state index in [0.717, 1.165) is 11.3 Å². The van der Waals surface area contributed by atoms with Crippen LogP contribution in [0.4, 0.5) is 0 Å². The molecule has 0 unspecified atom stereocenters. The lowest BCUT2D eigenvalue weighted by Gasteiger charge is -2.38. The number of hydrogen-bond acceptors (Lipinski definition) is 7. The zero-order valence-electron chi connectivity index (χ0n) is 17.4. The maximum atomic E-state index is 12.5. The van der Waals surface area contributed by atoms with Gasteiger partial charge in [-0.15, -0.1) is 0 Å². The van der Waals surface area contributed by atoms with Crippen LogP contribution in [0.2, 0.25) is 0 Å². The Bertz CT molecular complexity index is 1090. The number of hydrogen-bond donors (Lipinski definition) is 1. The maximum Gasteiger partial charge on any atom is 0.261 e. The summed E-state index contributed by atoms with van der Waals surface area (Å²) in [7, 11) is 0. The number of aryl methyl sites for hydroxylation is 2. The Hall–Kier alpha value is -3.75. The lowest BCUT2D eigenvalue weighted by atomic mass is 9.99. The summed E-state index contributed by atoms with van der Waals surface area (Å²) in [5, 5.41) is 6.68. The molecule has 1 aromatic carbocycles. The summed E-state index contributed by atoms with van der Waals surface area (Å²) in [5.74, 6) is 0.864. The first-order valence-corrected chi connectivity index (χ1v) is 9.99. The Balaban J connectivity index is 1.25. The SMILES string of the molecule is Cc1noc(-c2ccccc2OCC(=O)N2CC(C(=O)NCc3ncccc3C)C2)n1. The summed E-state index contributed by atoms with van der Waals surface area (Å²) in [6, 6.07) is 11.0. The Morgan fingerprint density at radius 3 is 2.74 bits per heavy atom. The van der Waals surface area contributed by atoms with Gasteiger partial charge in [0.25, 0.3) is 11.8 Å². The van der Waals surface area contributed by atoms with Crippen molar-refractivity contribution < 1.29 is 18.8 Å². The van der Waals surface area contributed by atoms with Crippen molar-refractivity contribution in [3.63, 3.8) is 0 Å². The summed E-state index contributed by atoms with van der Waals surface area (Å²) >= 11 is 0. The first-order valence-electron chi connectivity index (χ1n) is 9.99. The number of carbonyl (C=O) groups is 2. The highest BCUT2D eigenvalue weighted by atomic mass is 16.5. The lowest BCUT2D eigenvalue weighted by molar-refractivity contribution is -0.144. The fraction of sp³-hybridized carbons (Fsp3) is 0.318. The Morgan fingerprint density at radius 1 is 1.19 bits per heavy atom. The van der Waals surface area contributed by atoms with E-state index in [1.807, 2.05) is 25.1 Å². The predicted octanol–water partition coefficient (Wildman–Crippen LogP) is 1.90. The van der Waals surface area contributed by atoms with Gasteiger partial charge in [-0.25, -0.2) is 0 Å². The van der Waals surface area contributed by atoms with Gasteiger partial charge in [-0.1, -0.05) is 23.4 Å². The van der Waals surface area contributed by atoms with Crippen LogP contribution in [0, 0.1) is 19.8 Å². The molecule has 9 heteroatoms. The molecule has 160 valence electrons. The summed E-state index contributed by atoms with van der Waals surface area (Å²) < 4.78 is 10.9. The van der Waals surface area contributed by atoms with E-state index in [1.165, 1.54) is 0 Å². The van der Waals surface area contributed by atoms with Gasteiger partial charge in [0.05, 0.1) is 23.7 Å². The molecule has 2 amide bonds. The van der Waals surface area contributed by atoms with Gasteiger partial charge in [-0.3, -0.25) is 14.6 Å². The Kier molecular flexibility index (Phi) is 5.92. The van der Waals surface area contributed by atoms with Crippen LogP contribution in [0.15, 0.2) is 47.1 Å². The van der Waals surface area contributed by atoms with Crippen molar-refractivity contribution in [1.29, 1.82) is 0 Å². The number of pyridine rings is 1. The van der Waals surface area contributed by atoms with Crippen LogP contribution in [0.5, 0.6) is 5.75 Å². The van der Waals surface area contributed by atoms with Crippen molar-refractivity contribution >= 4 is 11.8 Å². The number of ether oxygens (including phenoxy) is 1. The van der Waals surface area contributed by atoms with Crippen LogP contribution in [-0.2, 0) is 16.1 Å². The molecule has 3 heterocycles. The quantitative estimate of drug-likeness (QED) is 0.620. The van der Waals surface area contributed by atoms with Crippen molar-refractivity contribution in [3.05, 3.63) is 59.7 Å². The number of aromatic nitrogens is 3. The molecule has 1 aliphatic heterocycles. The van der Waals surface area contributed by atoms with E-state index in [1.54, 1.807) is 36.2 Å². The van der Waals surface area contributed by atoms with E-state index in [9.17, 15) is 9.59 Å². The van der Waals surface area contributed by atoms with Crippen molar-refractivity contribution in [2.24, 2.45) is 5.92 Å². The molecule has 0 aliphatic carbocycles. The Morgan fingerprint density at radius 2 is 2.00 bits per heavy atom. The number of para-hydroxylation sites is 1. The Labute approximate surface area is 179 Å². The minimum Gasteiger partial charge on any atom is -0.483 e. The van der Waals surface area contributed by atoms with Crippen LogP contribution in [0.1, 0.15) is 17.1 Å². The molecule has 31 heavy (non-hydrogen) atoms. The van der Waals surface area contributed by atoms with E-state index in [0.29, 0.717) is 42.7 Å². The molecular weight excluding hydrogens is 398 g/mol. The van der Waals surface area contributed by atoms with Gasteiger partial charge >= 0.3 is 0 Å². The van der Waals surface area contributed by atoms with Gasteiger partial charge < -0.3 is 19.5 Å². The molecular formula is C22H23N5O4. The number of nitrogens with one attached hydrogen (secondary N) is 1. The van der Waals surface area contributed by atoms with Gasteiger partial charge in [0.2, 0.25) is 5.91 Å². The molecule has 1 saturated heterocycles. The molecule has 0 radical (unpaired) electrons. The zero-order valence-corrected chi connectivity index (χ0v) is 17.4. The first kappa shape index (κ1) is 20.5. The molecule has 0 saturated carbocycles. The highest BCUT2D eigenvalue weighted by molar-refractivity contribution is 5.85. The molecule has 4 rings (SSSR count). The van der Waals surface area contributed by atoms with E-state index < -0.39 is 0 Å². The van der Waals surface area contributed by atoms with Crippen LogP contribution >= 0.6 is 0 Å². The largest absolute Gasteiger partial charge is 0.483 e. The van der Waals surface area contributed by atoms with Crippen molar-refractivity contribution in [2.45, 2.75) is 20.4 Å². The van der Waals surface area contributed by atoms with Crippen LogP contribution in [0.25, 0.3) is 11.5 Å². The molecule has 9 nitrogen and oxygen atoms in total. The molecule has 0 spiro atoms. The van der Waals surface area contributed by atoms with Crippen molar-refractivity contribution in [3.8, 4) is 17.2 Å². The van der Waals surface area contributed by atoms with E-state index in [2.05, 4.69) is 20.4 Å². The van der Waals surface area contributed by atoms with E-state index in [4.69, 9.17) is 9.26 Å². The van der Waals surface area contributed by atoms with Gasteiger partial charge in [0.15, 0.2) is 12.4 Å². The third-order valence-electron chi connectivity index (χ3n) is 5.15. The fourth-order valence-corrected chi connectivity index (χ4v) is 3.27. The van der Waals surface area contributed by atoms with E-state index in [-0.39, 0.29) is 24.3 Å². The van der Waals surface area contributed by atoms with Crippen LogP contribution < -0.4 is 10.1 Å². The maximum absolute atomic E-state index is 12.5. The molecule has 2 aromatic heterocycles. The second-order valence-electron chi connectivity index (χ2n) is 7.41. The first-order chi connectivity index (χ1) is 15.0. The van der Waals surface area contributed by atoms with Gasteiger partial charge in [0.1, 0.15) is 5.75 Å². The highest BCUT2D eigenvalue weighted by Crippen LogP contribution is 2.28. The third-order valence-corrected chi connectivity index (χ3v) is 5.15.